The highest BCUT2D eigenvalue weighted by Gasteiger charge is 2.14. The van der Waals surface area contributed by atoms with Crippen LogP contribution in [0, 0.1) is 5.92 Å². The van der Waals surface area contributed by atoms with Crippen LogP contribution in [-0.4, -0.2) is 24.0 Å². The smallest absolute Gasteiger partial charge is 0.224 e. The molecule has 3 rings (SSSR count). The van der Waals surface area contributed by atoms with Gasteiger partial charge >= 0.3 is 0 Å². The molecule has 0 radical (unpaired) electrons. The van der Waals surface area contributed by atoms with Gasteiger partial charge in [-0.25, -0.2) is 0 Å². The van der Waals surface area contributed by atoms with Crippen molar-refractivity contribution in [2.75, 3.05) is 13.2 Å². The Morgan fingerprint density at radius 3 is 2.81 bits per heavy atom. The lowest BCUT2D eigenvalue weighted by molar-refractivity contribution is -0.120. The molecule has 0 unspecified atom stereocenters. The summed E-state index contributed by atoms with van der Waals surface area (Å²) in [4.78, 5) is 16.6. The number of ether oxygens (including phenoxy) is 1. The molecule has 0 aliphatic heterocycles. The second-order valence-electron chi connectivity index (χ2n) is 6.98. The zero-order valence-electron chi connectivity index (χ0n) is 15.5. The molecule has 0 atom stereocenters. The van der Waals surface area contributed by atoms with Gasteiger partial charge in [0.2, 0.25) is 5.91 Å². The van der Waals surface area contributed by atoms with Crippen LogP contribution >= 0.6 is 0 Å². The Morgan fingerprint density at radius 2 is 2.08 bits per heavy atom. The predicted molar refractivity (Wildman–Crippen MR) is 104 cm³/mol. The van der Waals surface area contributed by atoms with Crippen LogP contribution in [0.5, 0.6) is 5.75 Å². The molecule has 1 heterocycles. The molecule has 0 bridgehead atoms. The van der Waals surface area contributed by atoms with Gasteiger partial charge in [0.15, 0.2) is 0 Å². The summed E-state index contributed by atoms with van der Waals surface area (Å²) in [5.41, 5.74) is 2.84. The van der Waals surface area contributed by atoms with E-state index >= 15 is 0 Å². The molecule has 2 aromatic rings. The van der Waals surface area contributed by atoms with E-state index in [1.54, 1.807) is 6.20 Å². The lowest BCUT2D eigenvalue weighted by atomic mass is 10.0. The molecule has 138 valence electrons. The topological polar surface area (TPSA) is 51.2 Å². The second-order valence-corrected chi connectivity index (χ2v) is 6.98. The van der Waals surface area contributed by atoms with Crippen molar-refractivity contribution in [3.8, 4) is 17.0 Å². The average Bonchev–Trinajstić information content (AvgIpc) is 3.16. The van der Waals surface area contributed by atoms with Gasteiger partial charge in [-0.15, -0.1) is 0 Å². The third kappa shape index (κ3) is 5.32. The van der Waals surface area contributed by atoms with E-state index in [-0.39, 0.29) is 5.91 Å². The SMILES string of the molecule is CCOc1cccc(-c2ccc(CC(=O)NCCC3CCCC3)cn2)c1. The molecule has 1 aromatic carbocycles. The van der Waals surface area contributed by atoms with Crippen LogP contribution in [0.25, 0.3) is 11.3 Å². The highest BCUT2D eigenvalue weighted by Crippen LogP contribution is 2.27. The van der Waals surface area contributed by atoms with Gasteiger partial charge in [0.05, 0.1) is 18.7 Å². The fraction of sp³-hybridized carbons (Fsp3) is 0.455. The van der Waals surface area contributed by atoms with Gasteiger partial charge in [-0.1, -0.05) is 43.9 Å². The van der Waals surface area contributed by atoms with Crippen molar-refractivity contribution in [1.29, 1.82) is 0 Å². The number of rotatable bonds is 8. The minimum Gasteiger partial charge on any atom is -0.494 e. The maximum absolute atomic E-state index is 12.1. The minimum absolute atomic E-state index is 0.0795. The van der Waals surface area contributed by atoms with Crippen molar-refractivity contribution in [3.05, 3.63) is 48.2 Å². The molecule has 4 nitrogen and oxygen atoms in total. The van der Waals surface area contributed by atoms with Gasteiger partial charge in [0.1, 0.15) is 5.75 Å². The number of hydrogen-bond donors (Lipinski definition) is 1. The number of pyridine rings is 1. The summed E-state index contributed by atoms with van der Waals surface area (Å²) >= 11 is 0. The molecule has 1 fully saturated rings. The van der Waals surface area contributed by atoms with E-state index in [4.69, 9.17) is 4.74 Å². The van der Waals surface area contributed by atoms with Crippen molar-refractivity contribution in [1.82, 2.24) is 10.3 Å². The number of nitrogens with zero attached hydrogens (tertiary/aromatic N) is 1. The van der Waals surface area contributed by atoms with Gasteiger partial charge in [0, 0.05) is 18.3 Å². The largest absolute Gasteiger partial charge is 0.494 e. The molecule has 0 spiro atoms. The van der Waals surface area contributed by atoms with Crippen molar-refractivity contribution in [2.24, 2.45) is 5.92 Å². The molecule has 26 heavy (non-hydrogen) atoms. The monoisotopic (exact) mass is 352 g/mol. The summed E-state index contributed by atoms with van der Waals surface area (Å²) in [6.07, 6.45) is 8.64. The van der Waals surface area contributed by atoms with Crippen LogP contribution in [0.2, 0.25) is 0 Å². The minimum atomic E-state index is 0.0795. The molecule has 1 saturated carbocycles. The maximum Gasteiger partial charge on any atom is 0.224 e. The van der Waals surface area contributed by atoms with E-state index in [1.807, 2.05) is 43.3 Å². The average molecular weight is 352 g/mol. The first-order valence-corrected chi connectivity index (χ1v) is 9.69. The molecule has 1 aromatic heterocycles. The number of carbonyl (C=O) groups is 1. The van der Waals surface area contributed by atoms with Crippen molar-refractivity contribution in [2.45, 2.75) is 45.4 Å². The van der Waals surface area contributed by atoms with E-state index in [9.17, 15) is 4.79 Å². The quantitative estimate of drug-likeness (QED) is 0.767. The Balaban J connectivity index is 1.50. The molecule has 1 aliphatic rings. The third-order valence-electron chi connectivity index (χ3n) is 4.98. The number of hydrogen-bond acceptors (Lipinski definition) is 3. The van der Waals surface area contributed by atoms with E-state index in [1.165, 1.54) is 25.7 Å². The summed E-state index contributed by atoms with van der Waals surface area (Å²) in [7, 11) is 0. The second kappa shape index (κ2) is 9.37. The van der Waals surface area contributed by atoms with E-state index in [2.05, 4.69) is 10.3 Å². The first-order valence-electron chi connectivity index (χ1n) is 9.69. The summed E-state index contributed by atoms with van der Waals surface area (Å²) in [6, 6.07) is 11.9. The maximum atomic E-state index is 12.1. The fourth-order valence-corrected chi connectivity index (χ4v) is 3.57. The van der Waals surface area contributed by atoms with Crippen LogP contribution in [0.15, 0.2) is 42.6 Å². The fourth-order valence-electron chi connectivity index (χ4n) is 3.57. The standard InChI is InChI=1S/C22H28N2O2/c1-2-26-20-9-5-8-19(15-20)21-11-10-18(16-24-21)14-22(25)23-13-12-17-6-3-4-7-17/h5,8-11,15-17H,2-4,6-7,12-14H2,1H3,(H,23,25). The van der Waals surface area contributed by atoms with Crippen molar-refractivity contribution in [3.63, 3.8) is 0 Å². The van der Waals surface area contributed by atoms with Crippen LogP contribution in [-0.2, 0) is 11.2 Å². The first-order chi connectivity index (χ1) is 12.7. The lowest BCUT2D eigenvalue weighted by Gasteiger charge is -2.10. The Bertz CT molecular complexity index is 706. The Morgan fingerprint density at radius 1 is 1.23 bits per heavy atom. The Hall–Kier alpha value is -2.36. The number of amides is 1. The van der Waals surface area contributed by atoms with E-state index < -0.39 is 0 Å². The number of nitrogens with one attached hydrogen (secondary N) is 1. The highest BCUT2D eigenvalue weighted by atomic mass is 16.5. The van der Waals surface area contributed by atoms with Gasteiger partial charge in [0.25, 0.3) is 0 Å². The molecule has 0 saturated heterocycles. The van der Waals surface area contributed by atoms with Gasteiger partial charge < -0.3 is 10.1 Å². The summed E-state index contributed by atoms with van der Waals surface area (Å²) in [5, 5.41) is 3.04. The molecule has 1 aliphatic carbocycles. The zero-order chi connectivity index (χ0) is 18.2. The molecule has 1 N–H and O–H groups in total. The number of benzene rings is 1. The third-order valence-corrected chi connectivity index (χ3v) is 4.98. The van der Waals surface area contributed by atoms with Crippen molar-refractivity contribution < 1.29 is 9.53 Å². The lowest BCUT2D eigenvalue weighted by Crippen LogP contribution is -2.27. The zero-order valence-corrected chi connectivity index (χ0v) is 15.5. The normalized spacial score (nSPS) is 14.3. The van der Waals surface area contributed by atoms with E-state index in [0.29, 0.717) is 13.0 Å². The molecule has 1 amide bonds. The van der Waals surface area contributed by atoms with Crippen LogP contribution in [0.3, 0.4) is 0 Å². The first kappa shape index (κ1) is 18.4. The Labute approximate surface area is 156 Å². The predicted octanol–water partition coefficient (Wildman–Crippen LogP) is 4.39. The molecular formula is C22H28N2O2. The summed E-state index contributed by atoms with van der Waals surface area (Å²) < 4.78 is 5.54. The number of carbonyl (C=O) groups excluding carboxylic acids is 1. The summed E-state index contributed by atoms with van der Waals surface area (Å²) in [6.45, 7) is 3.41. The van der Waals surface area contributed by atoms with Crippen molar-refractivity contribution >= 4 is 5.91 Å². The summed E-state index contributed by atoms with van der Waals surface area (Å²) in [5.74, 6) is 1.73. The van der Waals surface area contributed by atoms with Gasteiger partial charge in [-0.05, 0) is 43.0 Å². The van der Waals surface area contributed by atoms with Crippen LogP contribution in [0.4, 0.5) is 0 Å². The Kier molecular flexibility index (Phi) is 6.64. The van der Waals surface area contributed by atoms with Crippen LogP contribution in [0.1, 0.15) is 44.6 Å². The molecule has 4 heteroatoms. The van der Waals surface area contributed by atoms with Gasteiger partial charge in [-0.3, -0.25) is 9.78 Å². The van der Waals surface area contributed by atoms with E-state index in [0.717, 1.165) is 41.5 Å². The highest BCUT2D eigenvalue weighted by molar-refractivity contribution is 5.78. The van der Waals surface area contributed by atoms with Crippen LogP contribution < -0.4 is 10.1 Å². The van der Waals surface area contributed by atoms with Gasteiger partial charge in [-0.2, -0.15) is 0 Å². The number of aromatic nitrogens is 1. The molecular weight excluding hydrogens is 324 g/mol.